The lowest BCUT2D eigenvalue weighted by atomic mass is 10.0. The van der Waals surface area contributed by atoms with E-state index in [1.807, 2.05) is 0 Å². The number of carbonyl (C=O) groups is 11. The molecule has 0 aromatic heterocycles. The Morgan fingerprint density at radius 1 is 0.463 bits per heavy atom. The first-order valence-corrected chi connectivity index (χ1v) is 28.4. The van der Waals surface area contributed by atoms with Gasteiger partial charge in [0.1, 0.15) is 54.1 Å². The molecule has 25 heteroatoms. The molecule has 2 aromatic rings. The number of amides is 10. The molecule has 0 heterocycles. The predicted octanol–water partition coefficient (Wildman–Crippen LogP) is 0.404. The largest absolute Gasteiger partial charge is 0.508 e. The lowest BCUT2D eigenvalue weighted by Gasteiger charge is -2.27. The maximum atomic E-state index is 14.2. The molecule has 0 aliphatic heterocycles. The number of aliphatic hydroxyl groups is 1. The van der Waals surface area contributed by atoms with E-state index in [1.165, 1.54) is 90.0 Å². The number of nitrogens with one attached hydrogen (secondary N) is 9. The highest BCUT2D eigenvalue weighted by Gasteiger charge is 2.34. The summed E-state index contributed by atoms with van der Waals surface area (Å²) in [5.41, 5.74) is 12.1. The normalized spacial score (nSPS) is 13.9. The molecule has 0 aliphatic rings. The van der Waals surface area contributed by atoms with Crippen LogP contribution >= 0.6 is 0 Å². The quantitative estimate of drug-likeness (QED) is 0.0400. The average Bonchev–Trinajstić information content (AvgIpc) is 3.44. The Balaban J connectivity index is 2.22. The molecule has 82 heavy (non-hydrogen) atoms. The van der Waals surface area contributed by atoms with Crippen molar-refractivity contribution in [2.45, 2.75) is 198 Å². The van der Waals surface area contributed by atoms with Crippen LogP contribution in [0.15, 0.2) is 54.6 Å². The molecule has 0 spiro atoms. The van der Waals surface area contributed by atoms with Crippen LogP contribution in [0.1, 0.15) is 148 Å². The minimum absolute atomic E-state index is 0.0518. The summed E-state index contributed by atoms with van der Waals surface area (Å²) in [6.45, 7) is 4.84. The van der Waals surface area contributed by atoms with Gasteiger partial charge in [0.15, 0.2) is 0 Å². The Morgan fingerprint density at radius 2 is 0.902 bits per heavy atom. The summed E-state index contributed by atoms with van der Waals surface area (Å²) in [4.78, 5) is 145. The second-order valence-electron chi connectivity index (χ2n) is 20.5. The number of hydrogen-bond donors (Lipinski definition) is 14. The molecule has 0 aliphatic carbocycles. The van der Waals surface area contributed by atoms with Gasteiger partial charge in [0, 0.05) is 25.7 Å². The molecule has 456 valence electrons. The van der Waals surface area contributed by atoms with Crippen molar-refractivity contribution in [1.29, 1.82) is 0 Å². The number of hydrogen-bond acceptors (Lipinski definition) is 14. The summed E-state index contributed by atoms with van der Waals surface area (Å²) in [5, 5.41) is 51.8. The van der Waals surface area contributed by atoms with Gasteiger partial charge in [-0.3, -0.25) is 52.7 Å². The van der Waals surface area contributed by atoms with Gasteiger partial charge >= 0.3 is 5.97 Å². The Hall–Kier alpha value is -7.67. The summed E-state index contributed by atoms with van der Waals surface area (Å²) >= 11 is 0. The molecular weight excluding hydrogens is 1060 g/mol. The predicted molar refractivity (Wildman–Crippen MR) is 305 cm³/mol. The van der Waals surface area contributed by atoms with E-state index < -0.39 is 121 Å². The van der Waals surface area contributed by atoms with E-state index >= 15 is 0 Å². The van der Waals surface area contributed by atoms with Crippen LogP contribution in [0.3, 0.4) is 0 Å². The van der Waals surface area contributed by atoms with Crippen LogP contribution in [0.5, 0.6) is 5.75 Å². The van der Waals surface area contributed by atoms with Gasteiger partial charge in [-0.1, -0.05) is 114 Å². The van der Waals surface area contributed by atoms with Crippen molar-refractivity contribution in [2.75, 3.05) is 19.7 Å². The number of benzene rings is 2. The Bertz CT molecular complexity index is 2360. The second kappa shape index (κ2) is 39.7. The molecule has 0 saturated carbocycles. The first-order chi connectivity index (χ1) is 39.1. The summed E-state index contributed by atoms with van der Waals surface area (Å²) in [6.07, 6.45) is 12.1. The van der Waals surface area contributed by atoms with E-state index in [2.05, 4.69) is 54.8 Å². The topological polar surface area (TPSA) is 409 Å². The van der Waals surface area contributed by atoms with Gasteiger partial charge < -0.3 is 74.6 Å². The molecule has 2 aromatic carbocycles. The number of carboxylic acids is 1. The van der Waals surface area contributed by atoms with Gasteiger partial charge in [0.05, 0.1) is 13.2 Å². The van der Waals surface area contributed by atoms with Crippen LogP contribution < -0.4 is 59.3 Å². The van der Waals surface area contributed by atoms with Gasteiger partial charge in [0.2, 0.25) is 59.1 Å². The zero-order chi connectivity index (χ0) is 61.0. The first-order valence-electron chi connectivity index (χ1n) is 28.4. The van der Waals surface area contributed by atoms with Crippen molar-refractivity contribution in [3.8, 4) is 5.75 Å². The molecule has 0 saturated heterocycles. The van der Waals surface area contributed by atoms with E-state index in [4.69, 9.17) is 11.5 Å². The van der Waals surface area contributed by atoms with Crippen molar-refractivity contribution in [3.63, 3.8) is 0 Å². The molecule has 0 radical (unpaired) electrons. The maximum Gasteiger partial charge on any atom is 0.325 e. The summed E-state index contributed by atoms with van der Waals surface area (Å²) in [7, 11) is 0. The highest BCUT2D eigenvalue weighted by Crippen LogP contribution is 2.15. The number of aliphatic carboxylic acids is 1. The Morgan fingerprint density at radius 3 is 1.44 bits per heavy atom. The fourth-order valence-electron chi connectivity index (χ4n) is 8.39. The number of phenols is 1. The standard InChI is InChI=1S/C57H89N11O14/c1-5-6-7-8-9-10-11-12-13-14-18-24-48(72)60-34-49(73)61-36(2)51(75)64-43(29-30-47(59)71)53(77)67-45(32-39-21-16-15-17-22-39)55(79)68-46(35-69)56(80)65-42(23-19-20-31-58)52(76)66-44(33-40-25-27-41(70)28-26-40)54(78)62-37(3)50(74)63-38(4)57(81)82/h15-17,21-22,25-28,36-38,42-46,69-70H,5-14,18-20,23-24,29-35,58H2,1-4H3,(H2,59,71)(H,60,72)(H,61,73)(H,62,78)(H,63,74)(H,64,75)(H,65,80)(H,66,76)(H,67,77)(H,68,79)(H,81,82)/t36-,37-,38-,42-,43-,44-,45-,46-/m0/s1. The third kappa shape index (κ3) is 29.2. The number of aromatic hydroxyl groups is 1. The molecule has 0 unspecified atom stereocenters. The number of carbonyl (C=O) groups excluding carboxylic acids is 10. The Kier molecular flexibility index (Phi) is 34.1. The average molecular weight is 1150 g/mol. The molecule has 25 nitrogen and oxygen atoms in total. The fraction of sp³-hybridized carbons (Fsp3) is 0.596. The Labute approximate surface area is 480 Å². The van der Waals surface area contributed by atoms with E-state index in [1.54, 1.807) is 30.3 Å². The molecule has 16 N–H and O–H groups in total. The van der Waals surface area contributed by atoms with Crippen LogP contribution in [-0.2, 0) is 65.6 Å². The van der Waals surface area contributed by atoms with Gasteiger partial charge in [-0.05, 0) is 82.7 Å². The van der Waals surface area contributed by atoms with Crippen molar-refractivity contribution < 1.29 is 68.1 Å². The number of primary amides is 1. The number of rotatable bonds is 42. The lowest BCUT2D eigenvalue weighted by molar-refractivity contribution is -0.141. The zero-order valence-corrected chi connectivity index (χ0v) is 47.9. The second-order valence-corrected chi connectivity index (χ2v) is 20.5. The molecule has 0 fully saturated rings. The van der Waals surface area contributed by atoms with Crippen molar-refractivity contribution >= 4 is 65.0 Å². The van der Waals surface area contributed by atoms with E-state index in [0.29, 0.717) is 24.0 Å². The number of nitrogens with two attached hydrogens (primary N) is 2. The van der Waals surface area contributed by atoms with E-state index in [-0.39, 0.29) is 63.1 Å². The van der Waals surface area contributed by atoms with Crippen molar-refractivity contribution in [1.82, 2.24) is 47.9 Å². The highest BCUT2D eigenvalue weighted by atomic mass is 16.4. The van der Waals surface area contributed by atoms with Crippen LogP contribution in [-0.4, -0.2) is 148 Å². The van der Waals surface area contributed by atoms with Gasteiger partial charge in [-0.15, -0.1) is 0 Å². The highest BCUT2D eigenvalue weighted by molar-refractivity contribution is 5.98. The number of unbranched alkanes of at least 4 members (excludes halogenated alkanes) is 11. The summed E-state index contributed by atoms with van der Waals surface area (Å²) < 4.78 is 0. The SMILES string of the molecule is CCCCCCCCCCCCCC(=O)NCC(=O)N[C@@H](C)C(=O)N[C@@H](CCC(N)=O)C(=O)N[C@@H](Cc1ccccc1)C(=O)N[C@@H](CO)C(=O)N[C@@H](CCCCN)C(=O)N[C@@H](Cc1ccc(O)cc1)C(=O)N[C@@H](C)C(=O)N[C@@H](C)C(=O)O. The van der Waals surface area contributed by atoms with Gasteiger partial charge in [-0.2, -0.15) is 0 Å². The molecule has 0 bridgehead atoms. The van der Waals surface area contributed by atoms with Gasteiger partial charge in [-0.25, -0.2) is 0 Å². The minimum atomic E-state index is -1.75. The zero-order valence-electron chi connectivity index (χ0n) is 47.9. The van der Waals surface area contributed by atoms with Crippen molar-refractivity contribution in [3.05, 3.63) is 65.7 Å². The molecule has 8 atom stereocenters. The fourth-order valence-corrected chi connectivity index (χ4v) is 8.39. The van der Waals surface area contributed by atoms with Crippen LogP contribution in [0.4, 0.5) is 0 Å². The third-order valence-corrected chi connectivity index (χ3v) is 13.3. The summed E-state index contributed by atoms with van der Waals surface area (Å²) in [6, 6.07) is 2.62. The molecule has 10 amide bonds. The number of carboxylic acid groups (broad SMARTS) is 1. The molecule has 2 rings (SSSR count). The first kappa shape index (κ1) is 70.4. The maximum absolute atomic E-state index is 14.2. The molecular formula is C57H89N11O14. The van der Waals surface area contributed by atoms with Crippen LogP contribution in [0.2, 0.25) is 0 Å². The third-order valence-electron chi connectivity index (χ3n) is 13.3. The van der Waals surface area contributed by atoms with Crippen LogP contribution in [0.25, 0.3) is 0 Å². The smallest absolute Gasteiger partial charge is 0.325 e. The number of aliphatic hydroxyl groups excluding tert-OH is 1. The minimum Gasteiger partial charge on any atom is -0.508 e. The number of phenolic OH excluding ortho intramolecular Hbond substituents is 1. The monoisotopic (exact) mass is 1150 g/mol. The van der Waals surface area contributed by atoms with Crippen molar-refractivity contribution in [2.24, 2.45) is 11.5 Å². The van der Waals surface area contributed by atoms with Gasteiger partial charge in [0.25, 0.3) is 0 Å². The van der Waals surface area contributed by atoms with Crippen LogP contribution in [0, 0.1) is 0 Å². The summed E-state index contributed by atoms with van der Waals surface area (Å²) in [5.74, 6) is -9.69. The van der Waals surface area contributed by atoms with E-state index in [0.717, 1.165) is 19.3 Å². The van der Waals surface area contributed by atoms with E-state index in [9.17, 15) is 68.1 Å². The lowest BCUT2D eigenvalue weighted by Crippen LogP contribution is -2.61.